The molecule has 0 aliphatic heterocycles. The highest BCUT2D eigenvalue weighted by atomic mass is 32.2. The molecular weight excluding hydrogens is 334 g/mol. The lowest BCUT2D eigenvalue weighted by atomic mass is 10.2. The maximum atomic E-state index is 5.88. The molecule has 3 aromatic rings. The number of rotatable bonds is 7. The van der Waals surface area contributed by atoms with Gasteiger partial charge in [0.1, 0.15) is 18.2 Å². The van der Waals surface area contributed by atoms with Crippen molar-refractivity contribution >= 4 is 22.8 Å². The fraction of sp³-hybridized carbons (Fsp3) is 0.368. The number of fused-ring (bicyclic) bond motifs is 1. The lowest BCUT2D eigenvalue weighted by molar-refractivity contribution is 0.110. The molecule has 0 aliphatic rings. The van der Waals surface area contributed by atoms with Gasteiger partial charge in [-0.15, -0.1) is 0 Å². The summed E-state index contributed by atoms with van der Waals surface area (Å²) in [6.45, 7) is 7.89. The number of thioether (sulfide) groups is 1. The molecule has 0 amide bonds. The van der Waals surface area contributed by atoms with Crippen LogP contribution in [-0.2, 0) is 4.74 Å². The Labute approximate surface area is 152 Å². The lowest BCUT2D eigenvalue weighted by Crippen LogP contribution is -2.09. The maximum Gasteiger partial charge on any atom is 0.174 e. The first-order valence-corrected chi connectivity index (χ1v) is 9.57. The number of imidazole rings is 1. The van der Waals surface area contributed by atoms with Gasteiger partial charge in [-0.2, -0.15) is 0 Å². The number of benzene rings is 1. The van der Waals surface area contributed by atoms with E-state index >= 15 is 0 Å². The molecule has 6 heteroatoms. The second kappa shape index (κ2) is 7.89. The molecule has 0 spiro atoms. The molecule has 2 heterocycles. The van der Waals surface area contributed by atoms with E-state index in [1.807, 2.05) is 26.2 Å². The summed E-state index contributed by atoms with van der Waals surface area (Å²) >= 11 is 1.61. The van der Waals surface area contributed by atoms with Gasteiger partial charge in [0.15, 0.2) is 5.16 Å². The first kappa shape index (κ1) is 17.8. The van der Waals surface area contributed by atoms with Gasteiger partial charge in [0, 0.05) is 18.4 Å². The molecular formula is C19H23N3O2S. The van der Waals surface area contributed by atoms with Gasteiger partial charge in [-0.1, -0.05) is 17.8 Å². The van der Waals surface area contributed by atoms with Crippen molar-refractivity contribution in [2.24, 2.45) is 0 Å². The average Bonchev–Trinajstić information content (AvgIpc) is 2.97. The second-order valence-electron chi connectivity index (χ2n) is 5.73. The maximum absolute atomic E-state index is 5.88. The van der Waals surface area contributed by atoms with E-state index in [1.54, 1.807) is 18.0 Å². The summed E-state index contributed by atoms with van der Waals surface area (Å²) in [5.41, 5.74) is 4.22. The van der Waals surface area contributed by atoms with Gasteiger partial charge in [-0.25, -0.2) is 9.97 Å². The molecule has 1 aromatic carbocycles. The molecule has 3 rings (SSSR count). The van der Waals surface area contributed by atoms with Gasteiger partial charge in [-0.3, -0.25) is 4.57 Å². The zero-order valence-corrected chi connectivity index (χ0v) is 15.9. The highest BCUT2D eigenvalue weighted by Gasteiger charge is 2.16. The molecule has 0 aliphatic carbocycles. The highest BCUT2D eigenvalue weighted by molar-refractivity contribution is 7.98. The quantitative estimate of drug-likeness (QED) is 0.469. The summed E-state index contributed by atoms with van der Waals surface area (Å²) in [5.74, 6) is 1.68. The summed E-state index contributed by atoms with van der Waals surface area (Å²) in [7, 11) is 0. The van der Waals surface area contributed by atoms with E-state index in [0.29, 0.717) is 19.8 Å². The Morgan fingerprint density at radius 3 is 2.76 bits per heavy atom. The van der Waals surface area contributed by atoms with Gasteiger partial charge in [0.25, 0.3) is 0 Å². The van der Waals surface area contributed by atoms with E-state index in [-0.39, 0.29) is 0 Å². The van der Waals surface area contributed by atoms with Crippen LogP contribution in [0.5, 0.6) is 5.75 Å². The van der Waals surface area contributed by atoms with Crippen LogP contribution in [0.4, 0.5) is 0 Å². The van der Waals surface area contributed by atoms with E-state index < -0.39 is 0 Å². The normalized spacial score (nSPS) is 11.2. The second-order valence-corrected chi connectivity index (χ2v) is 6.50. The van der Waals surface area contributed by atoms with Crippen molar-refractivity contribution in [2.45, 2.75) is 25.9 Å². The van der Waals surface area contributed by atoms with Crippen LogP contribution in [-0.4, -0.2) is 40.6 Å². The zero-order chi connectivity index (χ0) is 17.8. The molecule has 0 atom stereocenters. The fourth-order valence-electron chi connectivity index (χ4n) is 2.75. The molecule has 0 saturated carbocycles. The third-order valence-electron chi connectivity index (χ3n) is 3.99. The van der Waals surface area contributed by atoms with Crippen molar-refractivity contribution < 1.29 is 9.47 Å². The molecule has 132 valence electrons. The number of hydrogen-bond acceptors (Lipinski definition) is 5. The number of aryl methyl sites for hydroxylation is 1. The number of aromatic nitrogens is 3. The Kier molecular flexibility index (Phi) is 5.60. The summed E-state index contributed by atoms with van der Waals surface area (Å²) in [4.78, 5) is 9.36. The predicted octanol–water partition coefficient (Wildman–Crippen LogP) is 4.17. The monoisotopic (exact) mass is 357 g/mol. The standard InChI is InChI=1S/C19H23N3O2S/c1-5-23-10-11-24-17-8-9-20-18(14(17)3)22-16-7-6-13(2)12-15(16)21-19(22)25-4/h6-9,12H,5,10-11H2,1-4H3. The molecule has 0 fully saturated rings. The summed E-state index contributed by atoms with van der Waals surface area (Å²) in [5, 5.41) is 0.919. The molecule has 0 N–H and O–H groups in total. The van der Waals surface area contributed by atoms with Crippen LogP contribution in [0, 0.1) is 13.8 Å². The van der Waals surface area contributed by atoms with E-state index in [9.17, 15) is 0 Å². The first-order chi connectivity index (χ1) is 12.2. The Hall–Kier alpha value is -2.05. The minimum atomic E-state index is 0.525. The SMILES string of the molecule is CCOCCOc1ccnc(-n2c(SC)nc3cc(C)ccc32)c1C. The van der Waals surface area contributed by atoms with Crippen molar-refractivity contribution in [1.82, 2.24) is 14.5 Å². The highest BCUT2D eigenvalue weighted by Crippen LogP contribution is 2.30. The largest absolute Gasteiger partial charge is 0.491 e. The van der Waals surface area contributed by atoms with E-state index in [1.165, 1.54) is 5.56 Å². The molecule has 0 radical (unpaired) electrons. The van der Waals surface area contributed by atoms with Gasteiger partial charge in [0.2, 0.25) is 0 Å². The van der Waals surface area contributed by atoms with Crippen LogP contribution in [0.25, 0.3) is 16.9 Å². The number of nitrogens with zero attached hydrogens (tertiary/aromatic N) is 3. The Morgan fingerprint density at radius 1 is 1.16 bits per heavy atom. The van der Waals surface area contributed by atoms with Crippen LogP contribution in [0.1, 0.15) is 18.1 Å². The summed E-state index contributed by atoms with van der Waals surface area (Å²) in [6, 6.07) is 8.19. The smallest absolute Gasteiger partial charge is 0.174 e. The van der Waals surface area contributed by atoms with Crippen LogP contribution in [0.3, 0.4) is 0 Å². The van der Waals surface area contributed by atoms with Gasteiger partial charge >= 0.3 is 0 Å². The Morgan fingerprint density at radius 2 is 2.00 bits per heavy atom. The summed E-state index contributed by atoms with van der Waals surface area (Å²) in [6.07, 6.45) is 3.81. The van der Waals surface area contributed by atoms with Crippen molar-refractivity contribution in [3.63, 3.8) is 0 Å². The number of hydrogen-bond donors (Lipinski definition) is 0. The first-order valence-electron chi connectivity index (χ1n) is 8.35. The predicted molar refractivity (Wildman–Crippen MR) is 102 cm³/mol. The molecule has 0 bridgehead atoms. The Balaban J connectivity index is 2.03. The third-order valence-corrected chi connectivity index (χ3v) is 4.63. The summed E-state index contributed by atoms with van der Waals surface area (Å²) < 4.78 is 13.3. The topological polar surface area (TPSA) is 49.2 Å². The van der Waals surface area contributed by atoms with E-state index in [2.05, 4.69) is 34.7 Å². The van der Waals surface area contributed by atoms with Crippen molar-refractivity contribution in [3.05, 3.63) is 41.6 Å². The van der Waals surface area contributed by atoms with Gasteiger partial charge in [0.05, 0.1) is 17.6 Å². The Bertz CT molecular complexity index is 876. The van der Waals surface area contributed by atoms with E-state index in [0.717, 1.165) is 33.3 Å². The van der Waals surface area contributed by atoms with Crippen molar-refractivity contribution in [3.8, 4) is 11.6 Å². The molecule has 0 unspecified atom stereocenters. The zero-order valence-electron chi connectivity index (χ0n) is 15.1. The number of ether oxygens (including phenoxy) is 2. The van der Waals surface area contributed by atoms with Crippen molar-refractivity contribution in [2.75, 3.05) is 26.1 Å². The molecule has 0 saturated heterocycles. The van der Waals surface area contributed by atoms with Crippen LogP contribution >= 0.6 is 11.8 Å². The van der Waals surface area contributed by atoms with Crippen LogP contribution in [0.15, 0.2) is 35.6 Å². The average molecular weight is 357 g/mol. The van der Waals surface area contributed by atoms with Crippen LogP contribution < -0.4 is 4.74 Å². The van der Waals surface area contributed by atoms with Crippen molar-refractivity contribution in [1.29, 1.82) is 0 Å². The lowest BCUT2D eigenvalue weighted by Gasteiger charge is -2.14. The molecule has 2 aromatic heterocycles. The third kappa shape index (κ3) is 3.65. The van der Waals surface area contributed by atoms with Crippen LogP contribution in [0.2, 0.25) is 0 Å². The fourth-order valence-corrected chi connectivity index (χ4v) is 3.31. The molecule has 25 heavy (non-hydrogen) atoms. The van der Waals surface area contributed by atoms with E-state index in [4.69, 9.17) is 14.5 Å². The van der Waals surface area contributed by atoms with Gasteiger partial charge in [-0.05, 0) is 50.8 Å². The molecule has 5 nitrogen and oxygen atoms in total. The number of pyridine rings is 1. The van der Waals surface area contributed by atoms with Gasteiger partial charge < -0.3 is 9.47 Å². The minimum Gasteiger partial charge on any atom is -0.491 e. The minimum absolute atomic E-state index is 0.525.